The molecule has 3 rings (SSSR count). The fourth-order valence-electron chi connectivity index (χ4n) is 1.78. The van der Waals surface area contributed by atoms with Crippen molar-refractivity contribution < 1.29 is 0 Å². The van der Waals surface area contributed by atoms with Crippen LogP contribution in [0, 0.1) is 0 Å². The smallest absolute Gasteiger partial charge is 0.0992 e. The van der Waals surface area contributed by atoms with Crippen molar-refractivity contribution in [3.8, 4) is 10.6 Å². The maximum Gasteiger partial charge on any atom is 0.0992 e. The molecule has 18 heavy (non-hydrogen) atoms. The molecule has 1 aliphatic heterocycles. The summed E-state index contributed by atoms with van der Waals surface area (Å²) in [5.41, 5.74) is 3.07. The lowest BCUT2D eigenvalue weighted by Crippen LogP contribution is -1.98. The second kappa shape index (κ2) is 5.12. The van der Waals surface area contributed by atoms with Gasteiger partial charge in [0.05, 0.1) is 35.2 Å². The van der Waals surface area contributed by atoms with Crippen LogP contribution < -0.4 is 0 Å². The molecule has 0 aliphatic carbocycles. The molecule has 1 aliphatic rings. The van der Waals surface area contributed by atoms with Gasteiger partial charge in [-0.3, -0.25) is 9.98 Å². The van der Waals surface area contributed by atoms with E-state index < -0.39 is 0 Å². The number of dihydropyridines is 1. The minimum atomic E-state index is 0.742. The van der Waals surface area contributed by atoms with Gasteiger partial charge in [-0.15, -0.1) is 11.3 Å². The predicted molar refractivity (Wildman–Crippen MR) is 79.0 cm³/mol. The summed E-state index contributed by atoms with van der Waals surface area (Å²) in [4.78, 5) is 14.3. The van der Waals surface area contributed by atoms with Gasteiger partial charge in [-0.25, -0.2) is 4.98 Å². The van der Waals surface area contributed by atoms with Gasteiger partial charge in [0, 0.05) is 22.5 Å². The van der Waals surface area contributed by atoms with Crippen LogP contribution in [0.3, 0.4) is 0 Å². The first-order valence-electron chi connectivity index (χ1n) is 5.57. The molecule has 2 aromatic rings. The van der Waals surface area contributed by atoms with E-state index in [1.165, 1.54) is 5.57 Å². The van der Waals surface area contributed by atoms with E-state index in [-0.39, 0.29) is 0 Å². The molecule has 0 radical (unpaired) electrons. The lowest BCUT2D eigenvalue weighted by Gasteiger charge is -2.07. The molecule has 2 aromatic heterocycles. The Morgan fingerprint density at radius 2 is 2.11 bits per heavy atom. The average molecular weight is 320 g/mol. The normalized spacial score (nSPS) is 14.6. The van der Waals surface area contributed by atoms with E-state index in [9.17, 15) is 0 Å². The Kier molecular flexibility index (Phi) is 3.34. The molecule has 0 bridgehead atoms. The van der Waals surface area contributed by atoms with Crippen LogP contribution in [0.5, 0.6) is 0 Å². The minimum Gasteiger partial charge on any atom is -0.293 e. The Balaban J connectivity index is 1.96. The number of nitrogens with zero attached hydrogens (tertiary/aromatic N) is 3. The van der Waals surface area contributed by atoms with Gasteiger partial charge >= 0.3 is 0 Å². The Hall–Kier alpha value is -1.33. The van der Waals surface area contributed by atoms with Gasteiger partial charge in [0.25, 0.3) is 0 Å². The van der Waals surface area contributed by atoms with E-state index in [2.05, 4.69) is 48.4 Å². The maximum absolute atomic E-state index is 4.68. The van der Waals surface area contributed by atoms with Gasteiger partial charge in [-0.1, -0.05) is 6.08 Å². The zero-order valence-corrected chi connectivity index (χ0v) is 11.9. The molecule has 3 nitrogen and oxygen atoms in total. The van der Waals surface area contributed by atoms with Gasteiger partial charge < -0.3 is 0 Å². The molecule has 0 amide bonds. The monoisotopic (exact) mass is 319 g/mol. The topological polar surface area (TPSA) is 38.1 Å². The highest BCUT2D eigenvalue weighted by Gasteiger charge is 2.08. The van der Waals surface area contributed by atoms with Crippen LogP contribution in [0.15, 0.2) is 39.4 Å². The number of rotatable bonds is 2. The van der Waals surface area contributed by atoms with E-state index in [0.29, 0.717) is 0 Å². The van der Waals surface area contributed by atoms with Gasteiger partial charge in [-0.2, -0.15) is 0 Å². The van der Waals surface area contributed by atoms with E-state index in [1.54, 1.807) is 17.5 Å². The fraction of sp³-hybridized carbons (Fsp3) is 0.154. The van der Waals surface area contributed by atoms with Crippen molar-refractivity contribution >= 4 is 39.1 Å². The van der Waals surface area contributed by atoms with Gasteiger partial charge in [-0.05, 0) is 27.6 Å². The third kappa shape index (κ3) is 2.42. The summed E-state index contributed by atoms with van der Waals surface area (Å²) in [7, 11) is 0. The van der Waals surface area contributed by atoms with E-state index in [4.69, 9.17) is 0 Å². The van der Waals surface area contributed by atoms with Crippen molar-refractivity contribution in [2.45, 2.75) is 6.42 Å². The number of hydrogen-bond donors (Lipinski definition) is 0. The number of aromatic nitrogens is 2. The minimum absolute atomic E-state index is 0.742. The van der Waals surface area contributed by atoms with Crippen molar-refractivity contribution in [2.75, 3.05) is 6.54 Å². The molecule has 0 saturated carbocycles. The quantitative estimate of drug-likeness (QED) is 0.843. The molecule has 90 valence electrons. The summed E-state index contributed by atoms with van der Waals surface area (Å²) in [6.45, 7) is 0.742. The van der Waals surface area contributed by atoms with Crippen LogP contribution in [0.2, 0.25) is 0 Å². The molecule has 0 fully saturated rings. The molecule has 5 heteroatoms. The molecule has 0 saturated heterocycles. The molecule has 0 aromatic carbocycles. The molecule has 3 heterocycles. The zero-order chi connectivity index (χ0) is 12.4. The molecule has 0 unspecified atom stereocenters. The highest BCUT2D eigenvalue weighted by molar-refractivity contribution is 9.10. The summed E-state index contributed by atoms with van der Waals surface area (Å²) in [5, 5.41) is 2.05. The van der Waals surface area contributed by atoms with Crippen LogP contribution in [0.25, 0.3) is 16.1 Å². The Bertz CT molecular complexity index is 631. The van der Waals surface area contributed by atoms with Crippen LogP contribution in [-0.2, 0) is 0 Å². The van der Waals surface area contributed by atoms with Crippen molar-refractivity contribution in [1.29, 1.82) is 0 Å². The van der Waals surface area contributed by atoms with E-state index >= 15 is 0 Å². The average Bonchev–Trinajstić information content (AvgIpc) is 2.87. The summed E-state index contributed by atoms with van der Waals surface area (Å²) in [6, 6.07) is 2.06. The van der Waals surface area contributed by atoms with Gasteiger partial charge in [0.15, 0.2) is 0 Å². The maximum atomic E-state index is 4.68. The first kappa shape index (κ1) is 11.7. The predicted octanol–water partition coefficient (Wildman–Crippen LogP) is 3.83. The first-order chi connectivity index (χ1) is 8.83. The summed E-state index contributed by atoms with van der Waals surface area (Å²) < 4.78 is 1.08. The first-order valence-corrected chi connectivity index (χ1v) is 7.24. The van der Waals surface area contributed by atoms with Gasteiger partial charge in [0.1, 0.15) is 0 Å². The third-order valence-electron chi connectivity index (χ3n) is 2.67. The molecule has 0 atom stereocenters. The second-order valence-electron chi connectivity index (χ2n) is 3.90. The van der Waals surface area contributed by atoms with E-state index in [0.717, 1.165) is 33.7 Å². The highest BCUT2D eigenvalue weighted by atomic mass is 79.9. The third-order valence-corrected chi connectivity index (χ3v) is 4.38. The van der Waals surface area contributed by atoms with Gasteiger partial charge in [0.2, 0.25) is 0 Å². The van der Waals surface area contributed by atoms with Crippen LogP contribution >= 0.6 is 27.3 Å². The van der Waals surface area contributed by atoms with Crippen LogP contribution in [-0.4, -0.2) is 22.7 Å². The van der Waals surface area contributed by atoms with Crippen molar-refractivity contribution in [1.82, 2.24) is 9.97 Å². The summed E-state index contributed by atoms with van der Waals surface area (Å²) in [6.07, 6.45) is 8.51. The van der Waals surface area contributed by atoms with Crippen LogP contribution in [0.4, 0.5) is 0 Å². The SMILES string of the molecule is Brc1csc(-c2cncc(C3=CCN=CC3)n2)c1. The summed E-state index contributed by atoms with van der Waals surface area (Å²) in [5.74, 6) is 0. The lowest BCUT2D eigenvalue weighted by molar-refractivity contribution is 1.14. The highest BCUT2D eigenvalue weighted by Crippen LogP contribution is 2.29. The number of halogens is 1. The van der Waals surface area contributed by atoms with Crippen molar-refractivity contribution in [3.63, 3.8) is 0 Å². The number of aliphatic imine (C=N–C) groups is 1. The fourth-order valence-corrected chi connectivity index (χ4v) is 3.16. The van der Waals surface area contributed by atoms with E-state index in [1.807, 2.05) is 12.4 Å². The Morgan fingerprint density at radius 3 is 2.83 bits per heavy atom. The second-order valence-corrected chi connectivity index (χ2v) is 5.73. The lowest BCUT2D eigenvalue weighted by atomic mass is 10.1. The Labute approximate surface area is 117 Å². The number of hydrogen-bond acceptors (Lipinski definition) is 4. The standard InChI is InChI=1S/C13H10BrN3S/c14-10-5-13(18-8-10)12-7-16-6-11(17-12)9-1-3-15-4-2-9/h1,4-8H,2-3H2. The van der Waals surface area contributed by atoms with Crippen molar-refractivity contribution in [2.24, 2.45) is 4.99 Å². The molecular weight excluding hydrogens is 310 g/mol. The summed E-state index contributed by atoms with van der Waals surface area (Å²) >= 11 is 5.12. The molecular formula is C13H10BrN3S. The van der Waals surface area contributed by atoms with Crippen molar-refractivity contribution in [3.05, 3.63) is 40.1 Å². The number of thiophene rings is 1. The largest absolute Gasteiger partial charge is 0.293 e. The zero-order valence-electron chi connectivity index (χ0n) is 9.51. The molecule has 0 N–H and O–H groups in total. The van der Waals surface area contributed by atoms with Crippen LogP contribution in [0.1, 0.15) is 12.1 Å². The number of allylic oxidation sites excluding steroid dienone is 1. The molecule has 0 spiro atoms. The Morgan fingerprint density at radius 1 is 1.22 bits per heavy atom.